The zero-order valence-electron chi connectivity index (χ0n) is 9.52. The molecule has 2 aromatic heterocycles. The van der Waals surface area contributed by atoms with E-state index in [9.17, 15) is 9.59 Å². The van der Waals surface area contributed by atoms with Gasteiger partial charge in [0.05, 0.1) is 15.9 Å². The fourth-order valence-corrected chi connectivity index (χ4v) is 3.67. The SMILES string of the molecule is NNC(=O)c1sccc1Cn1cc(Br)cc(Br)c1=O. The molecule has 0 atom stereocenters. The monoisotopic (exact) mass is 405 g/mol. The summed E-state index contributed by atoms with van der Waals surface area (Å²) in [7, 11) is 0. The summed E-state index contributed by atoms with van der Waals surface area (Å²) in [5, 5.41) is 1.79. The summed E-state index contributed by atoms with van der Waals surface area (Å²) >= 11 is 7.81. The summed E-state index contributed by atoms with van der Waals surface area (Å²) in [6.07, 6.45) is 1.68. The number of nitrogen functional groups attached to an aromatic ring is 1. The minimum Gasteiger partial charge on any atom is -0.309 e. The highest BCUT2D eigenvalue weighted by atomic mass is 79.9. The van der Waals surface area contributed by atoms with Gasteiger partial charge in [0.2, 0.25) is 0 Å². The zero-order chi connectivity index (χ0) is 14.0. The number of nitrogens with two attached hydrogens (primary N) is 1. The molecule has 0 aliphatic heterocycles. The fraction of sp³-hybridized carbons (Fsp3) is 0.0909. The molecule has 0 aliphatic rings. The summed E-state index contributed by atoms with van der Waals surface area (Å²) in [4.78, 5) is 24.0. The first-order valence-corrected chi connectivity index (χ1v) is 7.62. The highest BCUT2D eigenvalue weighted by molar-refractivity contribution is 9.11. The van der Waals surface area contributed by atoms with Crippen LogP contribution in [-0.2, 0) is 6.54 Å². The number of hydrazine groups is 1. The molecule has 0 fully saturated rings. The lowest BCUT2D eigenvalue weighted by atomic mass is 10.2. The van der Waals surface area contributed by atoms with Crippen molar-refractivity contribution in [3.05, 3.63) is 53.4 Å². The number of aromatic nitrogens is 1. The van der Waals surface area contributed by atoms with E-state index in [1.165, 1.54) is 15.9 Å². The standard InChI is InChI=1S/C11H9Br2N3O2S/c12-7-3-8(13)11(18)16(5-7)4-6-1-2-19-9(6)10(17)15-14/h1-3,5H,4,14H2,(H,15,17). The highest BCUT2D eigenvalue weighted by Crippen LogP contribution is 2.19. The third kappa shape index (κ3) is 3.14. The molecule has 5 nitrogen and oxygen atoms in total. The van der Waals surface area contributed by atoms with Crippen molar-refractivity contribution < 1.29 is 4.79 Å². The van der Waals surface area contributed by atoms with E-state index in [0.29, 0.717) is 15.9 Å². The average Bonchev–Trinajstić information content (AvgIpc) is 2.82. The van der Waals surface area contributed by atoms with Crippen LogP contribution in [0.1, 0.15) is 15.2 Å². The summed E-state index contributed by atoms with van der Waals surface area (Å²) in [5.74, 6) is 4.77. The second-order valence-corrected chi connectivity index (χ2v) is 6.37. The maximum atomic E-state index is 12.0. The number of halogens is 2. The summed E-state index contributed by atoms with van der Waals surface area (Å²) in [6, 6.07) is 3.48. The summed E-state index contributed by atoms with van der Waals surface area (Å²) in [6.45, 7) is 0.309. The van der Waals surface area contributed by atoms with E-state index >= 15 is 0 Å². The van der Waals surface area contributed by atoms with Crippen LogP contribution in [0.15, 0.2) is 37.4 Å². The van der Waals surface area contributed by atoms with Crippen molar-refractivity contribution >= 4 is 49.1 Å². The molecule has 0 bridgehead atoms. The molecule has 19 heavy (non-hydrogen) atoms. The highest BCUT2D eigenvalue weighted by Gasteiger charge is 2.13. The molecule has 2 heterocycles. The first kappa shape index (κ1) is 14.4. The van der Waals surface area contributed by atoms with Gasteiger partial charge in [-0.25, -0.2) is 5.84 Å². The van der Waals surface area contributed by atoms with Crippen molar-refractivity contribution in [1.82, 2.24) is 9.99 Å². The van der Waals surface area contributed by atoms with Gasteiger partial charge in [0.1, 0.15) is 0 Å². The number of nitrogens with one attached hydrogen (secondary N) is 1. The maximum Gasteiger partial charge on any atom is 0.275 e. The average molecular weight is 407 g/mol. The van der Waals surface area contributed by atoms with Gasteiger partial charge >= 0.3 is 0 Å². The molecule has 0 saturated heterocycles. The Morgan fingerprint density at radius 2 is 2.21 bits per heavy atom. The maximum absolute atomic E-state index is 12.0. The molecule has 3 N–H and O–H groups in total. The van der Waals surface area contributed by atoms with E-state index < -0.39 is 0 Å². The van der Waals surface area contributed by atoms with Gasteiger partial charge in [-0.3, -0.25) is 15.0 Å². The molecular weight excluding hydrogens is 398 g/mol. The van der Waals surface area contributed by atoms with Gasteiger partial charge < -0.3 is 4.57 Å². The van der Waals surface area contributed by atoms with Crippen LogP contribution in [0.4, 0.5) is 0 Å². The largest absolute Gasteiger partial charge is 0.309 e. The third-order valence-electron chi connectivity index (χ3n) is 2.43. The lowest BCUT2D eigenvalue weighted by Gasteiger charge is -2.07. The molecule has 0 radical (unpaired) electrons. The number of thiophene rings is 1. The van der Waals surface area contributed by atoms with Crippen molar-refractivity contribution in [3.8, 4) is 0 Å². The normalized spacial score (nSPS) is 10.5. The van der Waals surface area contributed by atoms with E-state index in [4.69, 9.17) is 5.84 Å². The Labute approximate surface area is 129 Å². The zero-order valence-corrected chi connectivity index (χ0v) is 13.5. The lowest BCUT2D eigenvalue weighted by Crippen LogP contribution is -2.30. The predicted octanol–water partition coefficient (Wildman–Crippen LogP) is 2.09. The molecule has 1 amide bonds. The number of carbonyl (C=O) groups is 1. The number of amides is 1. The van der Waals surface area contributed by atoms with Gasteiger partial charge in [-0.15, -0.1) is 11.3 Å². The Morgan fingerprint density at radius 1 is 1.47 bits per heavy atom. The van der Waals surface area contributed by atoms with Gasteiger partial charge in [-0.1, -0.05) is 0 Å². The molecule has 2 rings (SSSR count). The molecule has 8 heteroatoms. The van der Waals surface area contributed by atoms with Crippen molar-refractivity contribution in [2.75, 3.05) is 0 Å². The van der Waals surface area contributed by atoms with Crippen LogP contribution >= 0.6 is 43.2 Å². The number of pyridine rings is 1. The smallest absolute Gasteiger partial charge is 0.275 e. The molecule has 0 unspecified atom stereocenters. The minimum atomic E-state index is -0.355. The van der Waals surface area contributed by atoms with E-state index in [0.717, 1.165) is 10.0 Å². The molecule has 0 aromatic carbocycles. The van der Waals surface area contributed by atoms with Crippen molar-refractivity contribution in [1.29, 1.82) is 0 Å². The van der Waals surface area contributed by atoms with Crippen molar-refractivity contribution in [2.24, 2.45) is 5.84 Å². The van der Waals surface area contributed by atoms with Gasteiger partial charge in [0.25, 0.3) is 11.5 Å². The number of rotatable bonds is 3. The fourth-order valence-electron chi connectivity index (χ4n) is 1.59. The van der Waals surface area contributed by atoms with Crippen molar-refractivity contribution in [2.45, 2.75) is 6.54 Å². The first-order valence-electron chi connectivity index (χ1n) is 5.15. The van der Waals surface area contributed by atoms with E-state index in [2.05, 4.69) is 37.3 Å². The van der Waals surface area contributed by atoms with Crippen LogP contribution < -0.4 is 16.8 Å². The number of nitrogens with zero attached hydrogens (tertiary/aromatic N) is 1. The Balaban J connectivity index is 2.40. The van der Waals surface area contributed by atoms with Gasteiger partial charge in [0.15, 0.2) is 0 Å². The molecular formula is C11H9Br2N3O2S. The quantitative estimate of drug-likeness (QED) is 0.465. The van der Waals surface area contributed by atoms with Crippen molar-refractivity contribution in [3.63, 3.8) is 0 Å². The predicted molar refractivity (Wildman–Crippen MR) is 81.2 cm³/mol. The minimum absolute atomic E-state index is 0.159. The van der Waals surface area contributed by atoms with E-state index in [-0.39, 0.29) is 11.5 Å². The number of hydrogen-bond acceptors (Lipinski definition) is 4. The van der Waals surface area contributed by atoms with Crippen LogP contribution in [-0.4, -0.2) is 10.5 Å². The first-order chi connectivity index (χ1) is 9.02. The summed E-state index contributed by atoms with van der Waals surface area (Å²) in [5.41, 5.74) is 2.69. The molecule has 0 spiro atoms. The Hall–Kier alpha value is -0.960. The lowest BCUT2D eigenvalue weighted by molar-refractivity contribution is 0.0957. The topological polar surface area (TPSA) is 77.1 Å². The second-order valence-electron chi connectivity index (χ2n) is 3.69. The van der Waals surface area contributed by atoms with Crippen LogP contribution in [0.25, 0.3) is 0 Å². The number of carbonyl (C=O) groups excluding carboxylic acids is 1. The second kappa shape index (κ2) is 6.00. The third-order valence-corrected chi connectivity index (χ3v) is 4.39. The molecule has 0 saturated carbocycles. The van der Waals surface area contributed by atoms with Crippen LogP contribution in [0.3, 0.4) is 0 Å². The van der Waals surface area contributed by atoms with Gasteiger partial charge in [-0.2, -0.15) is 0 Å². The number of hydrogen-bond donors (Lipinski definition) is 2. The Morgan fingerprint density at radius 3 is 2.89 bits per heavy atom. The molecule has 0 aliphatic carbocycles. The van der Waals surface area contributed by atoms with Crippen LogP contribution in [0.5, 0.6) is 0 Å². The van der Waals surface area contributed by atoms with Gasteiger partial charge in [-0.05, 0) is 54.9 Å². The summed E-state index contributed by atoms with van der Waals surface area (Å²) < 4.78 is 2.75. The van der Waals surface area contributed by atoms with E-state index in [1.54, 1.807) is 23.7 Å². The molecule has 100 valence electrons. The Kier molecular flexibility index (Phi) is 4.56. The van der Waals surface area contributed by atoms with Crippen LogP contribution in [0.2, 0.25) is 0 Å². The van der Waals surface area contributed by atoms with Gasteiger partial charge in [0, 0.05) is 10.7 Å². The van der Waals surface area contributed by atoms with Crippen LogP contribution in [0, 0.1) is 0 Å². The molecule has 2 aromatic rings. The van der Waals surface area contributed by atoms with E-state index in [1.807, 2.05) is 0 Å². The Bertz CT molecular complexity index is 681.